The van der Waals surface area contributed by atoms with E-state index in [4.69, 9.17) is 13.9 Å². The van der Waals surface area contributed by atoms with Crippen LogP contribution in [0.2, 0.25) is 0 Å². The third-order valence-corrected chi connectivity index (χ3v) is 3.54. The summed E-state index contributed by atoms with van der Waals surface area (Å²) in [6, 6.07) is 13.3. The molecule has 3 rings (SSSR count). The van der Waals surface area contributed by atoms with Gasteiger partial charge >= 0.3 is 5.63 Å². The molecule has 0 amide bonds. The minimum Gasteiger partial charge on any atom is -0.497 e. The lowest BCUT2D eigenvalue weighted by Crippen LogP contribution is -2.14. The van der Waals surface area contributed by atoms with Gasteiger partial charge in [-0.2, -0.15) is 0 Å². The molecule has 1 aromatic heterocycles. The summed E-state index contributed by atoms with van der Waals surface area (Å²) in [6.45, 7) is 0. The second-order valence-corrected chi connectivity index (χ2v) is 4.88. The van der Waals surface area contributed by atoms with Crippen LogP contribution in [0, 0.1) is 0 Å². The predicted octanol–water partition coefficient (Wildman–Crippen LogP) is 3.04. The molecule has 0 spiro atoms. The standard InChI is InChI=1S/C18H14O5/c1-21-13-8-6-11(7-9-13)16(19)14-10-12-4-3-5-15(22-2)17(12)23-18(14)20/h3-10H,1-2H3. The van der Waals surface area contributed by atoms with Crippen LogP contribution in [0.3, 0.4) is 0 Å². The van der Waals surface area contributed by atoms with Crippen LogP contribution >= 0.6 is 0 Å². The van der Waals surface area contributed by atoms with Gasteiger partial charge in [-0.3, -0.25) is 4.79 Å². The first-order valence-electron chi connectivity index (χ1n) is 6.93. The summed E-state index contributed by atoms with van der Waals surface area (Å²) in [6.07, 6.45) is 0. The number of carbonyl (C=O) groups excluding carboxylic acids is 1. The molecule has 0 aliphatic heterocycles. The highest BCUT2D eigenvalue weighted by Gasteiger charge is 2.17. The highest BCUT2D eigenvalue weighted by Crippen LogP contribution is 2.25. The van der Waals surface area contributed by atoms with Crippen molar-refractivity contribution in [3.05, 3.63) is 70.1 Å². The SMILES string of the molecule is COc1ccc(C(=O)c2cc3cccc(OC)c3oc2=O)cc1. The molecule has 1 heterocycles. The quantitative estimate of drug-likeness (QED) is 0.547. The van der Waals surface area contributed by atoms with Crippen molar-refractivity contribution in [3.8, 4) is 11.5 Å². The van der Waals surface area contributed by atoms with E-state index < -0.39 is 11.4 Å². The van der Waals surface area contributed by atoms with Crippen LogP contribution in [-0.2, 0) is 0 Å². The normalized spacial score (nSPS) is 10.5. The van der Waals surface area contributed by atoms with Crippen LogP contribution in [-0.4, -0.2) is 20.0 Å². The fourth-order valence-corrected chi connectivity index (χ4v) is 2.33. The van der Waals surface area contributed by atoms with Crippen molar-refractivity contribution < 1.29 is 18.7 Å². The second kappa shape index (κ2) is 5.96. The minimum absolute atomic E-state index is 0.0177. The molecule has 0 aliphatic rings. The third-order valence-electron chi connectivity index (χ3n) is 3.54. The van der Waals surface area contributed by atoms with Crippen molar-refractivity contribution in [1.82, 2.24) is 0 Å². The molecule has 0 saturated heterocycles. The van der Waals surface area contributed by atoms with E-state index in [0.29, 0.717) is 28.0 Å². The molecular weight excluding hydrogens is 296 g/mol. The zero-order valence-electron chi connectivity index (χ0n) is 12.7. The van der Waals surface area contributed by atoms with Gasteiger partial charge in [-0.05, 0) is 36.4 Å². The lowest BCUT2D eigenvalue weighted by Gasteiger charge is -2.06. The van der Waals surface area contributed by atoms with Crippen LogP contribution < -0.4 is 15.1 Å². The van der Waals surface area contributed by atoms with Gasteiger partial charge in [0.15, 0.2) is 17.1 Å². The molecule has 0 atom stereocenters. The molecule has 116 valence electrons. The molecule has 5 heteroatoms. The smallest absolute Gasteiger partial charge is 0.347 e. The molecule has 0 saturated carbocycles. The van der Waals surface area contributed by atoms with Crippen molar-refractivity contribution in [2.45, 2.75) is 0 Å². The molecule has 2 aromatic carbocycles. The maximum absolute atomic E-state index is 12.5. The number of methoxy groups -OCH3 is 2. The van der Waals surface area contributed by atoms with Crippen molar-refractivity contribution in [2.24, 2.45) is 0 Å². The molecule has 0 unspecified atom stereocenters. The van der Waals surface area contributed by atoms with E-state index >= 15 is 0 Å². The van der Waals surface area contributed by atoms with E-state index in [2.05, 4.69) is 0 Å². The molecule has 3 aromatic rings. The van der Waals surface area contributed by atoms with Gasteiger partial charge in [0.1, 0.15) is 11.3 Å². The fraction of sp³-hybridized carbons (Fsp3) is 0.111. The Morgan fingerprint density at radius 2 is 1.74 bits per heavy atom. The first kappa shape index (κ1) is 14.8. The number of hydrogen-bond donors (Lipinski definition) is 0. The zero-order valence-corrected chi connectivity index (χ0v) is 12.7. The molecular formula is C18H14O5. The number of hydrogen-bond acceptors (Lipinski definition) is 5. The summed E-state index contributed by atoms with van der Waals surface area (Å²) in [7, 11) is 3.04. The van der Waals surface area contributed by atoms with Crippen molar-refractivity contribution in [1.29, 1.82) is 0 Å². The van der Waals surface area contributed by atoms with Crippen LogP contribution in [0.4, 0.5) is 0 Å². The Bertz CT molecular complexity index is 922. The van der Waals surface area contributed by atoms with Gasteiger partial charge in [0.2, 0.25) is 0 Å². The Labute approximate surface area is 132 Å². The van der Waals surface area contributed by atoms with Crippen LogP contribution in [0.15, 0.2) is 57.7 Å². The predicted molar refractivity (Wildman–Crippen MR) is 85.5 cm³/mol. The Balaban J connectivity index is 2.10. The van der Waals surface area contributed by atoms with Crippen molar-refractivity contribution >= 4 is 16.8 Å². The van der Waals surface area contributed by atoms with Gasteiger partial charge in [-0.15, -0.1) is 0 Å². The van der Waals surface area contributed by atoms with E-state index in [1.807, 2.05) is 0 Å². The summed E-state index contributed by atoms with van der Waals surface area (Å²) in [5.74, 6) is 0.686. The lowest BCUT2D eigenvalue weighted by atomic mass is 10.0. The van der Waals surface area contributed by atoms with Crippen molar-refractivity contribution in [2.75, 3.05) is 14.2 Å². The van der Waals surface area contributed by atoms with Gasteiger partial charge in [0.05, 0.1) is 14.2 Å². The van der Waals surface area contributed by atoms with Gasteiger partial charge in [0, 0.05) is 10.9 Å². The number of fused-ring (bicyclic) bond motifs is 1. The first-order valence-corrected chi connectivity index (χ1v) is 6.93. The van der Waals surface area contributed by atoms with Gasteiger partial charge in [-0.25, -0.2) is 4.79 Å². The second-order valence-electron chi connectivity index (χ2n) is 4.88. The minimum atomic E-state index is -0.692. The maximum Gasteiger partial charge on any atom is 0.347 e. The van der Waals surface area contributed by atoms with Gasteiger partial charge in [-0.1, -0.05) is 12.1 Å². The Morgan fingerprint density at radius 3 is 2.39 bits per heavy atom. The highest BCUT2D eigenvalue weighted by atomic mass is 16.5. The first-order chi connectivity index (χ1) is 11.1. The summed E-state index contributed by atoms with van der Waals surface area (Å²) in [4.78, 5) is 24.7. The van der Waals surface area contributed by atoms with E-state index in [1.54, 1.807) is 49.6 Å². The average Bonchev–Trinajstić information content (AvgIpc) is 2.60. The number of ketones is 1. The number of rotatable bonds is 4. The molecule has 0 N–H and O–H groups in total. The van der Waals surface area contributed by atoms with Gasteiger partial charge in [0.25, 0.3) is 0 Å². The average molecular weight is 310 g/mol. The van der Waals surface area contributed by atoms with Crippen molar-refractivity contribution in [3.63, 3.8) is 0 Å². The number of carbonyl (C=O) groups is 1. The summed E-state index contributed by atoms with van der Waals surface area (Å²) in [5, 5.41) is 0.626. The van der Waals surface area contributed by atoms with E-state index in [9.17, 15) is 9.59 Å². The fourth-order valence-electron chi connectivity index (χ4n) is 2.33. The van der Waals surface area contributed by atoms with Gasteiger partial charge < -0.3 is 13.9 Å². The molecule has 0 aliphatic carbocycles. The third kappa shape index (κ3) is 2.68. The molecule has 0 radical (unpaired) electrons. The summed E-state index contributed by atoms with van der Waals surface area (Å²) >= 11 is 0. The number of para-hydroxylation sites is 1. The highest BCUT2D eigenvalue weighted by molar-refractivity contribution is 6.10. The van der Waals surface area contributed by atoms with Crippen LogP contribution in [0.1, 0.15) is 15.9 Å². The lowest BCUT2D eigenvalue weighted by molar-refractivity contribution is 0.103. The Morgan fingerprint density at radius 1 is 1.00 bits per heavy atom. The Kier molecular flexibility index (Phi) is 3.85. The molecule has 0 bridgehead atoms. The van der Waals surface area contributed by atoms with Crippen LogP contribution in [0.25, 0.3) is 11.0 Å². The topological polar surface area (TPSA) is 65.7 Å². The number of benzene rings is 2. The largest absolute Gasteiger partial charge is 0.497 e. The Hall–Kier alpha value is -3.08. The van der Waals surface area contributed by atoms with E-state index in [0.717, 1.165) is 0 Å². The monoisotopic (exact) mass is 310 g/mol. The maximum atomic E-state index is 12.5. The summed E-state index contributed by atoms with van der Waals surface area (Å²) in [5.41, 5.74) is 0.00497. The van der Waals surface area contributed by atoms with E-state index in [1.165, 1.54) is 13.2 Å². The van der Waals surface area contributed by atoms with Crippen LogP contribution in [0.5, 0.6) is 11.5 Å². The zero-order chi connectivity index (χ0) is 16.4. The summed E-state index contributed by atoms with van der Waals surface area (Å²) < 4.78 is 15.5. The molecule has 0 fully saturated rings. The molecule has 5 nitrogen and oxygen atoms in total. The molecule has 23 heavy (non-hydrogen) atoms. The number of ether oxygens (including phenoxy) is 2. The van der Waals surface area contributed by atoms with E-state index in [-0.39, 0.29) is 5.56 Å².